The molecule has 0 saturated carbocycles. The van der Waals surface area contributed by atoms with Gasteiger partial charge < -0.3 is 19.7 Å². The third-order valence-electron chi connectivity index (χ3n) is 3.82. The SMILES string of the molecule is CC(C)(C)OC(=O)N1CCOCC1CC1CCCCN1. The van der Waals surface area contributed by atoms with Gasteiger partial charge in [0.25, 0.3) is 0 Å². The Morgan fingerprint density at radius 1 is 1.40 bits per heavy atom. The Bertz CT molecular complexity index is 322. The van der Waals surface area contributed by atoms with Crippen LogP contribution in [0.3, 0.4) is 0 Å². The van der Waals surface area contributed by atoms with Gasteiger partial charge in [-0.2, -0.15) is 0 Å². The van der Waals surface area contributed by atoms with Crippen molar-refractivity contribution in [2.75, 3.05) is 26.3 Å². The van der Waals surface area contributed by atoms with Crippen molar-refractivity contribution in [1.82, 2.24) is 10.2 Å². The molecule has 0 aliphatic carbocycles. The maximum absolute atomic E-state index is 12.3. The fraction of sp³-hybridized carbons (Fsp3) is 0.933. The van der Waals surface area contributed by atoms with Crippen molar-refractivity contribution in [3.8, 4) is 0 Å². The van der Waals surface area contributed by atoms with Crippen molar-refractivity contribution in [1.29, 1.82) is 0 Å². The number of rotatable bonds is 2. The maximum atomic E-state index is 12.3. The van der Waals surface area contributed by atoms with Crippen LogP contribution in [0.15, 0.2) is 0 Å². The maximum Gasteiger partial charge on any atom is 0.410 e. The van der Waals surface area contributed by atoms with Crippen molar-refractivity contribution in [3.05, 3.63) is 0 Å². The highest BCUT2D eigenvalue weighted by Gasteiger charge is 2.32. The lowest BCUT2D eigenvalue weighted by molar-refractivity contribution is -0.0364. The topological polar surface area (TPSA) is 50.8 Å². The van der Waals surface area contributed by atoms with Crippen LogP contribution in [0.25, 0.3) is 0 Å². The van der Waals surface area contributed by atoms with E-state index in [2.05, 4.69) is 5.32 Å². The second-order valence-electron chi connectivity index (χ2n) is 6.79. The third-order valence-corrected chi connectivity index (χ3v) is 3.82. The molecule has 5 nitrogen and oxygen atoms in total. The zero-order chi connectivity index (χ0) is 14.6. The number of morpholine rings is 1. The summed E-state index contributed by atoms with van der Waals surface area (Å²) < 4.78 is 11.1. The van der Waals surface area contributed by atoms with Crippen LogP contribution >= 0.6 is 0 Å². The van der Waals surface area contributed by atoms with Crippen molar-refractivity contribution in [3.63, 3.8) is 0 Å². The monoisotopic (exact) mass is 284 g/mol. The van der Waals surface area contributed by atoms with Crippen molar-refractivity contribution < 1.29 is 14.3 Å². The number of nitrogens with one attached hydrogen (secondary N) is 1. The molecule has 0 bridgehead atoms. The minimum absolute atomic E-state index is 0.134. The molecule has 116 valence electrons. The molecule has 5 heteroatoms. The molecule has 2 atom stereocenters. The summed E-state index contributed by atoms with van der Waals surface area (Å²) in [5.74, 6) is 0. The molecule has 20 heavy (non-hydrogen) atoms. The zero-order valence-corrected chi connectivity index (χ0v) is 13.0. The summed E-state index contributed by atoms with van der Waals surface area (Å²) in [5.41, 5.74) is -0.441. The highest BCUT2D eigenvalue weighted by Crippen LogP contribution is 2.20. The van der Waals surface area contributed by atoms with Gasteiger partial charge in [0, 0.05) is 12.6 Å². The van der Waals surface area contributed by atoms with E-state index >= 15 is 0 Å². The number of nitrogens with zero attached hydrogens (tertiary/aromatic N) is 1. The van der Waals surface area contributed by atoms with Gasteiger partial charge in [0.1, 0.15) is 5.60 Å². The number of carbonyl (C=O) groups is 1. The van der Waals surface area contributed by atoms with Crippen LogP contribution < -0.4 is 5.32 Å². The average molecular weight is 284 g/mol. The van der Waals surface area contributed by atoms with E-state index in [1.54, 1.807) is 0 Å². The molecule has 2 saturated heterocycles. The smallest absolute Gasteiger partial charge is 0.410 e. The molecule has 0 aromatic carbocycles. The number of amides is 1. The molecule has 2 fully saturated rings. The van der Waals surface area contributed by atoms with E-state index in [0.717, 1.165) is 13.0 Å². The number of ether oxygens (including phenoxy) is 2. The Hall–Kier alpha value is -0.810. The van der Waals surface area contributed by atoms with Gasteiger partial charge in [-0.05, 0) is 46.6 Å². The van der Waals surface area contributed by atoms with Gasteiger partial charge in [0.15, 0.2) is 0 Å². The van der Waals surface area contributed by atoms with E-state index in [-0.39, 0.29) is 12.1 Å². The summed E-state index contributed by atoms with van der Waals surface area (Å²) in [7, 11) is 0. The summed E-state index contributed by atoms with van der Waals surface area (Å²) in [6.07, 6.45) is 4.48. The second kappa shape index (κ2) is 6.76. The van der Waals surface area contributed by atoms with E-state index < -0.39 is 5.60 Å². The molecule has 1 amide bonds. The highest BCUT2D eigenvalue weighted by atomic mass is 16.6. The van der Waals surface area contributed by atoms with Crippen molar-refractivity contribution >= 4 is 6.09 Å². The lowest BCUT2D eigenvalue weighted by atomic mass is 9.97. The molecular weight excluding hydrogens is 256 g/mol. The minimum Gasteiger partial charge on any atom is -0.444 e. The van der Waals surface area contributed by atoms with Crippen LogP contribution in [0, 0.1) is 0 Å². The fourth-order valence-corrected chi connectivity index (χ4v) is 2.86. The molecule has 0 spiro atoms. The molecule has 2 rings (SSSR count). The van der Waals surface area contributed by atoms with Crippen LogP contribution in [0.4, 0.5) is 4.79 Å². The number of carbonyl (C=O) groups excluding carboxylic acids is 1. The summed E-state index contributed by atoms with van der Waals surface area (Å²) in [5, 5.41) is 3.54. The molecule has 2 aliphatic heterocycles. The molecule has 2 heterocycles. The standard InChI is InChI=1S/C15H28N2O3/c1-15(2,3)20-14(18)17-8-9-19-11-13(17)10-12-6-4-5-7-16-12/h12-13,16H,4-11H2,1-3H3. The molecule has 0 aromatic rings. The fourth-order valence-electron chi connectivity index (χ4n) is 2.86. The number of piperidine rings is 1. The molecule has 1 N–H and O–H groups in total. The molecule has 2 unspecified atom stereocenters. The first-order valence-electron chi connectivity index (χ1n) is 7.76. The predicted molar refractivity (Wildman–Crippen MR) is 77.8 cm³/mol. The van der Waals surface area contributed by atoms with Crippen LogP contribution in [-0.4, -0.2) is 55.0 Å². The third kappa shape index (κ3) is 4.63. The van der Waals surface area contributed by atoms with Crippen LogP contribution in [-0.2, 0) is 9.47 Å². The van der Waals surface area contributed by atoms with Gasteiger partial charge in [0.05, 0.1) is 19.3 Å². The van der Waals surface area contributed by atoms with Crippen molar-refractivity contribution in [2.24, 2.45) is 0 Å². The van der Waals surface area contributed by atoms with Gasteiger partial charge in [0.2, 0.25) is 0 Å². The molecule has 0 radical (unpaired) electrons. The Labute approximate surface area is 122 Å². The minimum atomic E-state index is -0.441. The summed E-state index contributed by atoms with van der Waals surface area (Å²) >= 11 is 0. The normalized spacial score (nSPS) is 28.2. The first-order valence-corrected chi connectivity index (χ1v) is 7.76. The number of hydrogen-bond acceptors (Lipinski definition) is 4. The Morgan fingerprint density at radius 3 is 2.85 bits per heavy atom. The van der Waals surface area contributed by atoms with E-state index in [1.807, 2.05) is 25.7 Å². The number of hydrogen-bond donors (Lipinski definition) is 1. The van der Waals surface area contributed by atoms with E-state index in [4.69, 9.17) is 9.47 Å². The van der Waals surface area contributed by atoms with Crippen LogP contribution in [0.1, 0.15) is 46.5 Å². The van der Waals surface area contributed by atoms with Gasteiger partial charge in [-0.15, -0.1) is 0 Å². The van der Waals surface area contributed by atoms with Crippen molar-refractivity contribution in [2.45, 2.75) is 64.1 Å². The van der Waals surface area contributed by atoms with E-state index in [1.165, 1.54) is 19.3 Å². The largest absolute Gasteiger partial charge is 0.444 e. The average Bonchev–Trinajstić information content (AvgIpc) is 2.38. The highest BCUT2D eigenvalue weighted by molar-refractivity contribution is 5.68. The van der Waals surface area contributed by atoms with Crippen LogP contribution in [0.2, 0.25) is 0 Å². The summed E-state index contributed by atoms with van der Waals surface area (Å²) in [4.78, 5) is 14.1. The zero-order valence-electron chi connectivity index (χ0n) is 13.0. The molecule has 0 aromatic heterocycles. The lowest BCUT2D eigenvalue weighted by Gasteiger charge is -2.38. The first kappa shape index (κ1) is 15.6. The van der Waals surface area contributed by atoms with Gasteiger partial charge >= 0.3 is 6.09 Å². The van der Waals surface area contributed by atoms with Gasteiger partial charge in [-0.3, -0.25) is 0 Å². The predicted octanol–water partition coefficient (Wildman–Crippen LogP) is 2.15. The molecular formula is C15H28N2O3. The van der Waals surface area contributed by atoms with Gasteiger partial charge in [-0.1, -0.05) is 6.42 Å². The quantitative estimate of drug-likeness (QED) is 0.844. The molecule has 2 aliphatic rings. The first-order chi connectivity index (χ1) is 9.46. The Balaban J connectivity index is 1.92. The Morgan fingerprint density at radius 2 is 2.20 bits per heavy atom. The second-order valence-corrected chi connectivity index (χ2v) is 6.79. The summed E-state index contributed by atoms with van der Waals surface area (Å²) in [6.45, 7) is 8.66. The van der Waals surface area contributed by atoms with Crippen LogP contribution in [0.5, 0.6) is 0 Å². The Kier molecular flexibility index (Phi) is 5.27. The lowest BCUT2D eigenvalue weighted by Crippen LogP contribution is -2.53. The van der Waals surface area contributed by atoms with E-state index in [0.29, 0.717) is 25.8 Å². The summed E-state index contributed by atoms with van der Waals surface area (Å²) in [6, 6.07) is 0.634. The van der Waals surface area contributed by atoms with Gasteiger partial charge in [-0.25, -0.2) is 4.79 Å². The van der Waals surface area contributed by atoms with E-state index in [9.17, 15) is 4.79 Å².